The Morgan fingerprint density at radius 1 is 1.50 bits per heavy atom. The average molecular weight is 167 g/mol. The number of hydrogen-bond acceptors (Lipinski definition) is 5. The predicted octanol–water partition coefficient (Wildman–Crippen LogP) is -1.04. The van der Waals surface area contributed by atoms with Crippen molar-refractivity contribution in [2.24, 2.45) is 5.73 Å². The fourth-order valence-corrected chi connectivity index (χ4v) is 0.607. The van der Waals surface area contributed by atoms with Gasteiger partial charge in [-0.25, -0.2) is 9.97 Å². The molecule has 1 rings (SSSR count). The van der Waals surface area contributed by atoms with Crippen molar-refractivity contribution in [1.29, 1.82) is 0 Å². The Bertz CT molecular complexity index is 270. The minimum atomic E-state index is -0.450. The van der Waals surface area contributed by atoms with E-state index in [0.717, 1.165) is 0 Å². The number of nitrogens with one attached hydrogen (secondary N) is 1. The minimum Gasteiger partial charge on any atom is -0.382 e. The second kappa shape index (κ2) is 3.51. The molecule has 0 spiro atoms. The second-order valence-corrected chi connectivity index (χ2v) is 2.15. The van der Waals surface area contributed by atoms with Gasteiger partial charge in [0.2, 0.25) is 5.91 Å². The smallest absolute Gasteiger partial charge is 0.236 e. The summed E-state index contributed by atoms with van der Waals surface area (Å²) >= 11 is 0. The van der Waals surface area contributed by atoms with Gasteiger partial charge < -0.3 is 16.8 Å². The molecule has 1 aromatic heterocycles. The summed E-state index contributed by atoms with van der Waals surface area (Å²) in [6, 6.07) is 0. The maximum absolute atomic E-state index is 10.3. The lowest BCUT2D eigenvalue weighted by molar-refractivity contribution is -0.116. The molecular weight excluding hydrogens is 158 g/mol. The van der Waals surface area contributed by atoms with Crippen LogP contribution in [0.2, 0.25) is 0 Å². The summed E-state index contributed by atoms with van der Waals surface area (Å²) in [5, 5.41) is 2.67. The van der Waals surface area contributed by atoms with Crippen molar-refractivity contribution in [3.8, 4) is 0 Å². The Morgan fingerprint density at radius 3 is 2.75 bits per heavy atom. The second-order valence-electron chi connectivity index (χ2n) is 2.15. The highest BCUT2D eigenvalue weighted by molar-refractivity contribution is 5.78. The number of aromatic nitrogens is 2. The zero-order valence-corrected chi connectivity index (χ0v) is 6.32. The zero-order valence-electron chi connectivity index (χ0n) is 6.32. The highest BCUT2D eigenvalue weighted by Crippen LogP contribution is 1.99. The van der Waals surface area contributed by atoms with Crippen LogP contribution in [0.3, 0.4) is 0 Å². The van der Waals surface area contributed by atoms with Crippen LogP contribution in [0.5, 0.6) is 0 Å². The van der Waals surface area contributed by atoms with E-state index in [2.05, 4.69) is 15.3 Å². The molecule has 0 aliphatic carbocycles. The first-order chi connectivity index (χ1) is 5.68. The lowest BCUT2D eigenvalue weighted by atomic mass is 10.5. The number of anilines is 2. The minimum absolute atomic E-state index is 0.0403. The molecule has 0 saturated heterocycles. The first-order valence-corrected chi connectivity index (χ1v) is 3.28. The van der Waals surface area contributed by atoms with E-state index >= 15 is 0 Å². The third-order valence-corrected chi connectivity index (χ3v) is 1.12. The molecule has 12 heavy (non-hydrogen) atoms. The van der Waals surface area contributed by atoms with Crippen LogP contribution in [-0.2, 0) is 4.79 Å². The van der Waals surface area contributed by atoms with E-state index in [-0.39, 0.29) is 6.54 Å². The van der Waals surface area contributed by atoms with Crippen LogP contribution in [0.15, 0.2) is 12.4 Å². The molecule has 0 aromatic carbocycles. The quantitative estimate of drug-likeness (QED) is 0.532. The molecule has 64 valence electrons. The SMILES string of the molecule is NC(=O)CNc1cnc(N)cn1. The molecule has 0 saturated carbocycles. The van der Waals surface area contributed by atoms with Gasteiger partial charge >= 0.3 is 0 Å². The molecule has 0 atom stereocenters. The van der Waals surface area contributed by atoms with Crippen LogP contribution in [-0.4, -0.2) is 22.4 Å². The Morgan fingerprint density at radius 2 is 2.25 bits per heavy atom. The Hall–Kier alpha value is -1.85. The van der Waals surface area contributed by atoms with Gasteiger partial charge in [-0.2, -0.15) is 0 Å². The van der Waals surface area contributed by atoms with E-state index in [9.17, 15) is 4.79 Å². The number of carbonyl (C=O) groups is 1. The van der Waals surface area contributed by atoms with E-state index in [0.29, 0.717) is 11.6 Å². The first-order valence-electron chi connectivity index (χ1n) is 3.28. The number of carbonyl (C=O) groups excluding carboxylic acids is 1. The molecule has 1 heterocycles. The summed E-state index contributed by atoms with van der Waals surface area (Å²) in [6.07, 6.45) is 2.82. The third kappa shape index (κ3) is 2.41. The lowest BCUT2D eigenvalue weighted by Gasteiger charge is -2.00. The van der Waals surface area contributed by atoms with Gasteiger partial charge in [0, 0.05) is 0 Å². The zero-order chi connectivity index (χ0) is 8.97. The summed E-state index contributed by atoms with van der Waals surface area (Å²) in [4.78, 5) is 17.9. The van der Waals surface area contributed by atoms with Crippen LogP contribution in [0.25, 0.3) is 0 Å². The van der Waals surface area contributed by atoms with E-state index in [1.54, 1.807) is 0 Å². The largest absolute Gasteiger partial charge is 0.382 e. The van der Waals surface area contributed by atoms with Gasteiger partial charge in [-0.15, -0.1) is 0 Å². The Kier molecular flexibility index (Phi) is 2.42. The van der Waals surface area contributed by atoms with Crippen molar-refractivity contribution in [2.75, 3.05) is 17.6 Å². The highest BCUT2D eigenvalue weighted by Gasteiger charge is 1.95. The normalized spacial score (nSPS) is 9.33. The Labute approximate surface area is 69.0 Å². The molecule has 0 aliphatic rings. The van der Waals surface area contributed by atoms with Crippen LogP contribution in [0.4, 0.5) is 11.6 Å². The van der Waals surface area contributed by atoms with E-state index < -0.39 is 5.91 Å². The molecule has 0 aliphatic heterocycles. The molecule has 0 fully saturated rings. The van der Waals surface area contributed by atoms with Crippen LogP contribution in [0, 0.1) is 0 Å². The summed E-state index contributed by atoms with van der Waals surface area (Å²) in [7, 11) is 0. The molecule has 1 amide bonds. The van der Waals surface area contributed by atoms with Gasteiger partial charge in [-0.1, -0.05) is 0 Å². The number of primary amides is 1. The van der Waals surface area contributed by atoms with Gasteiger partial charge in [-0.05, 0) is 0 Å². The maximum Gasteiger partial charge on any atom is 0.236 e. The predicted molar refractivity (Wildman–Crippen MR) is 44.1 cm³/mol. The number of hydrogen-bond donors (Lipinski definition) is 3. The number of nitrogens with two attached hydrogens (primary N) is 2. The van der Waals surface area contributed by atoms with Gasteiger partial charge in [0.1, 0.15) is 11.6 Å². The molecule has 0 unspecified atom stereocenters. The van der Waals surface area contributed by atoms with E-state index in [1.165, 1.54) is 12.4 Å². The number of amides is 1. The molecule has 5 N–H and O–H groups in total. The van der Waals surface area contributed by atoms with Crippen LogP contribution < -0.4 is 16.8 Å². The summed E-state index contributed by atoms with van der Waals surface area (Å²) in [5.74, 6) is 0.358. The number of nitrogen functional groups attached to an aromatic ring is 1. The van der Waals surface area contributed by atoms with E-state index in [4.69, 9.17) is 11.5 Å². The third-order valence-electron chi connectivity index (χ3n) is 1.12. The van der Waals surface area contributed by atoms with Crippen molar-refractivity contribution in [3.63, 3.8) is 0 Å². The summed E-state index contributed by atoms with van der Waals surface area (Å²) in [6.45, 7) is 0.0403. The fourth-order valence-electron chi connectivity index (χ4n) is 0.607. The van der Waals surface area contributed by atoms with Crippen molar-refractivity contribution in [1.82, 2.24) is 9.97 Å². The lowest BCUT2D eigenvalue weighted by Crippen LogP contribution is -2.22. The topological polar surface area (TPSA) is 107 Å². The fraction of sp³-hybridized carbons (Fsp3) is 0.167. The van der Waals surface area contributed by atoms with Crippen molar-refractivity contribution in [3.05, 3.63) is 12.4 Å². The molecule has 1 aromatic rings. The number of rotatable bonds is 3. The molecule has 6 nitrogen and oxygen atoms in total. The van der Waals surface area contributed by atoms with Gasteiger partial charge in [0.15, 0.2) is 0 Å². The first kappa shape index (κ1) is 8.25. The van der Waals surface area contributed by atoms with Crippen molar-refractivity contribution < 1.29 is 4.79 Å². The molecule has 0 bridgehead atoms. The van der Waals surface area contributed by atoms with Gasteiger partial charge in [-0.3, -0.25) is 4.79 Å². The van der Waals surface area contributed by atoms with Crippen LogP contribution >= 0.6 is 0 Å². The molecule has 6 heteroatoms. The van der Waals surface area contributed by atoms with Gasteiger partial charge in [0.25, 0.3) is 0 Å². The van der Waals surface area contributed by atoms with Crippen molar-refractivity contribution in [2.45, 2.75) is 0 Å². The molecular formula is C6H9N5O. The summed E-state index contributed by atoms with van der Waals surface area (Å²) < 4.78 is 0. The van der Waals surface area contributed by atoms with Gasteiger partial charge in [0.05, 0.1) is 18.9 Å². The number of nitrogens with zero attached hydrogens (tertiary/aromatic N) is 2. The standard InChI is InChI=1S/C6H9N5O/c7-4-1-10-6(3-9-4)11-2-5(8)12/h1,3H,2H2,(H2,7,9)(H2,8,12)(H,10,11). The van der Waals surface area contributed by atoms with E-state index in [1.807, 2.05) is 0 Å². The van der Waals surface area contributed by atoms with Crippen LogP contribution in [0.1, 0.15) is 0 Å². The summed E-state index contributed by atoms with van der Waals surface area (Å²) in [5.41, 5.74) is 10.2. The van der Waals surface area contributed by atoms with Crippen molar-refractivity contribution >= 4 is 17.5 Å². The maximum atomic E-state index is 10.3. The average Bonchev–Trinajstić information content (AvgIpc) is 2.03. The highest BCUT2D eigenvalue weighted by atomic mass is 16.1. The monoisotopic (exact) mass is 167 g/mol. The molecule has 0 radical (unpaired) electrons. The Balaban J connectivity index is 2.53.